The van der Waals surface area contributed by atoms with E-state index in [9.17, 15) is 0 Å². The molecule has 0 bridgehead atoms. The summed E-state index contributed by atoms with van der Waals surface area (Å²) < 4.78 is 19.4. The van der Waals surface area contributed by atoms with E-state index in [1.165, 1.54) is 5.69 Å². The van der Waals surface area contributed by atoms with Gasteiger partial charge in [-0.1, -0.05) is 0 Å². The van der Waals surface area contributed by atoms with E-state index in [1.807, 2.05) is 32.4 Å². The molecule has 0 radical (unpaired) electrons. The number of halogens is 1. The number of aromatic nitrogens is 1. The van der Waals surface area contributed by atoms with E-state index in [0.29, 0.717) is 18.0 Å². The maximum Gasteiger partial charge on any atom is 0.194 e. The lowest BCUT2D eigenvalue weighted by Crippen LogP contribution is -2.38. The van der Waals surface area contributed by atoms with Gasteiger partial charge in [0, 0.05) is 55.7 Å². The summed E-state index contributed by atoms with van der Waals surface area (Å²) >= 11 is 3.51. The predicted molar refractivity (Wildman–Crippen MR) is 111 cm³/mol. The van der Waals surface area contributed by atoms with Crippen LogP contribution < -0.4 is 19.5 Å². The Morgan fingerprint density at radius 3 is 2.26 bits per heavy atom. The third-order valence-electron chi connectivity index (χ3n) is 4.27. The summed E-state index contributed by atoms with van der Waals surface area (Å²) in [6.07, 6.45) is 2.04. The van der Waals surface area contributed by atoms with Gasteiger partial charge >= 0.3 is 0 Å². The smallest absolute Gasteiger partial charge is 0.194 e. The van der Waals surface area contributed by atoms with Crippen LogP contribution in [0.3, 0.4) is 0 Å². The zero-order valence-electron chi connectivity index (χ0n) is 16.7. The number of hydrogen-bond donors (Lipinski definition) is 1. The van der Waals surface area contributed by atoms with Crippen LogP contribution in [0.15, 0.2) is 33.9 Å². The fraction of sp³-hybridized carbons (Fsp3) is 0.421. The Balaban J connectivity index is 2.12. The van der Waals surface area contributed by atoms with E-state index in [2.05, 4.69) is 41.8 Å². The van der Waals surface area contributed by atoms with Gasteiger partial charge in [0.05, 0.1) is 27.9 Å². The Morgan fingerprint density at radius 1 is 1.11 bits per heavy atom. The number of hydrogen-bond acceptors (Lipinski definition) is 4. The lowest BCUT2D eigenvalue weighted by molar-refractivity contribution is 0.347. The molecule has 2 rings (SSSR count). The minimum absolute atomic E-state index is 0.539. The molecular weight excluding hydrogens is 412 g/mol. The molecule has 0 fully saturated rings. The topological polar surface area (TPSA) is 60.3 Å². The number of nitrogens with zero attached hydrogens (tertiary/aromatic N) is 3. The summed E-state index contributed by atoms with van der Waals surface area (Å²) in [7, 11) is 10.7. The molecule has 27 heavy (non-hydrogen) atoms. The van der Waals surface area contributed by atoms with Crippen molar-refractivity contribution >= 4 is 21.9 Å². The Morgan fingerprint density at radius 2 is 1.74 bits per heavy atom. The van der Waals surface area contributed by atoms with E-state index in [0.717, 1.165) is 28.3 Å². The van der Waals surface area contributed by atoms with Gasteiger partial charge in [0.25, 0.3) is 0 Å². The second-order valence-corrected chi connectivity index (χ2v) is 6.95. The molecule has 0 spiro atoms. The summed E-state index contributed by atoms with van der Waals surface area (Å²) in [5, 5.41) is 3.37. The molecule has 0 saturated carbocycles. The molecule has 0 saturated heterocycles. The second-order valence-electron chi connectivity index (χ2n) is 6.04. The van der Waals surface area contributed by atoms with Gasteiger partial charge in [-0.05, 0) is 28.1 Å². The fourth-order valence-electron chi connectivity index (χ4n) is 2.83. The highest BCUT2D eigenvalue weighted by Crippen LogP contribution is 2.34. The molecule has 1 aromatic heterocycles. The van der Waals surface area contributed by atoms with Crippen LogP contribution in [0.5, 0.6) is 17.2 Å². The van der Waals surface area contributed by atoms with Crippen LogP contribution in [0.4, 0.5) is 0 Å². The van der Waals surface area contributed by atoms with Crippen LogP contribution in [-0.4, -0.2) is 50.9 Å². The zero-order valence-corrected chi connectivity index (χ0v) is 18.3. The number of guanidine groups is 1. The highest BCUT2D eigenvalue weighted by atomic mass is 79.9. The Labute approximate surface area is 169 Å². The highest BCUT2D eigenvalue weighted by molar-refractivity contribution is 9.10. The van der Waals surface area contributed by atoms with Crippen LogP contribution in [0.1, 0.15) is 11.3 Å². The van der Waals surface area contributed by atoms with Crippen molar-refractivity contribution < 1.29 is 14.2 Å². The summed E-state index contributed by atoms with van der Waals surface area (Å²) in [5.74, 6) is 2.80. The molecule has 2 aromatic rings. The van der Waals surface area contributed by atoms with E-state index >= 15 is 0 Å². The normalized spacial score (nSPS) is 11.3. The molecule has 1 heterocycles. The van der Waals surface area contributed by atoms with Gasteiger partial charge in [0.2, 0.25) is 0 Å². The molecule has 0 aliphatic rings. The third-order valence-corrected chi connectivity index (χ3v) is 4.70. The van der Waals surface area contributed by atoms with Gasteiger partial charge in [-0.3, -0.25) is 4.99 Å². The SMILES string of the molecule is CN=C(NCc1cc(OC)c(OC)cc1OC)N(C)Cc1cc(Br)cn1C. The standard InChI is InChI=1S/C19H27BrN4O3/c1-21-19(24(3)12-15-8-14(20)11-23(15)2)22-10-13-7-17(26-5)18(27-6)9-16(13)25-4/h7-9,11H,10,12H2,1-6H3,(H,21,22). The highest BCUT2D eigenvalue weighted by Gasteiger charge is 2.14. The van der Waals surface area contributed by atoms with Gasteiger partial charge in [0.15, 0.2) is 17.5 Å². The number of methoxy groups -OCH3 is 3. The number of aryl methyl sites for hydroxylation is 1. The largest absolute Gasteiger partial charge is 0.496 e. The number of rotatable bonds is 7. The maximum absolute atomic E-state index is 5.49. The van der Waals surface area contributed by atoms with Gasteiger partial charge in [0.1, 0.15) is 5.75 Å². The molecule has 1 N–H and O–H groups in total. The van der Waals surface area contributed by atoms with E-state index in [1.54, 1.807) is 28.4 Å². The van der Waals surface area contributed by atoms with Gasteiger partial charge in [-0.15, -0.1) is 0 Å². The number of aliphatic imine (C=N–C) groups is 1. The van der Waals surface area contributed by atoms with Crippen molar-refractivity contribution in [2.24, 2.45) is 12.0 Å². The van der Waals surface area contributed by atoms with Crippen molar-refractivity contribution in [3.8, 4) is 17.2 Å². The summed E-state index contributed by atoms with van der Waals surface area (Å²) in [6, 6.07) is 5.83. The molecule has 0 aliphatic heterocycles. The van der Waals surface area contributed by atoms with Crippen molar-refractivity contribution in [3.63, 3.8) is 0 Å². The third kappa shape index (κ3) is 5.09. The minimum Gasteiger partial charge on any atom is -0.496 e. The quantitative estimate of drug-likeness (QED) is 0.531. The van der Waals surface area contributed by atoms with E-state index in [4.69, 9.17) is 14.2 Å². The zero-order chi connectivity index (χ0) is 20.0. The van der Waals surface area contributed by atoms with Crippen molar-refractivity contribution in [3.05, 3.63) is 40.1 Å². The molecule has 8 heteroatoms. The fourth-order valence-corrected chi connectivity index (χ4v) is 3.40. The number of ether oxygens (including phenoxy) is 3. The van der Waals surface area contributed by atoms with Crippen molar-refractivity contribution in [2.45, 2.75) is 13.1 Å². The van der Waals surface area contributed by atoms with Crippen molar-refractivity contribution in [1.29, 1.82) is 0 Å². The Kier molecular flexibility index (Phi) is 7.41. The van der Waals surface area contributed by atoms with Gasteiger partial charge in [-0.25, -0.2) is 0 Å². The van der Waals surface area contributed by atoms with E-state index < -0.39 is 0 Å². The van der Waals surface area contributed by atoms with Crippen LogP contribution in [0, 0.1) is 0 Å². The lowest BCUT2D eigenvalue weighted by atomic mass is 10.1. The first kappa shape index (κ1) is 21.0. The number of benzene rings is 1. The van der Waals surface area contributed by atoms with Gasteiger partial charge in [-0.2, -0.15) is 0 Å². The van der Waals surface area contributed by atoms with Crippen LogP contribution in [0.2, 0.25) is 0 Å². The molecule has 1 aromatic carbocycles. The first-order chi connectivity index (χ1) is 12.9. The van der Waals surface area contributed by atoms with Crippen LogP contribution in [-0.2, 0) is 20.1 Å². The minimum atomic E-state index is 0.539. The molecule has 0 amide bonds. The summed E-state index contributed by atoms with van der Waals surface area (Å²) in [5.41, 5.74) is 2.13. The monoisotopic (exact) mass is 438 g/mol. The maximum atomic E-state index is 5.49. The molecule has 0 aliphatic carbocycles. The Bertz CT molecular complexity index is 804. The van der Waals surface area contributed by atoms with Crippen LogP contribution in [0.25, 0.3) is 0 Å². The molecular formula is C19H27BrN4O3. The predicted octanol–water partition coefficient (Wildman–Crippen LogP) is 3.02. The number of nitrogens with one attached hydrogen (secondary N) is 1. The first-order valence-electron chi connectivity index (χ1n) is 8.44. The van der Waals surface area contributed by atoms with Gasteiger partial charge < -0.3 is 29.0 Å². The Hall–Kier alpha value is -2.35. The average Bonchev–Trinajstić information content (AvgIpc) is 2.98. The van der Waals surface area contributed by atoms with Crippen molar-refractivity contribution in [1.82, 2.24) is 14.8 Å². The summed E-state index contributed by atoms with van der Waals surface area (Å²) in [4.78, 5) is 6.45. The molecule has 148 valence electrons. The van der Waals surface area contributed by atoms with E-state index in [-0.39, 0.29) is 0 Å². The van der Waals surface area contributed by atoms with Crippen molar-refractivity contribution in [2.75, 3.05) is 35.4 Å². The van der Waals surface area contributed by atoms with Crippen LogP contribution >= 0.6 is 15.9 Å². The second kappa shape index (κ2) is 9.55. The molecule has 0 atom stereocenters. The average molecular weight is 439 g/mol. The first-order valence-corrected chi connectivity index (χ1v) is 9.24. The lowest BCUT2D eigenvalue weighted by Gasteiger charge is -2.23. The molecule has 7 nitrogen and oxygen atoms in total. The summed E-state index contributed by atoms with van der Waals surface area (Å²) in [6.45, 7) is 1.27. The molecule has 0 unspecified atom stereocenters.